The second-order valence-electron chi connectivity index (χ2n) is 2.69. The minimum atomic E-state index is -0.00324. The van der Waals surface area contributed by atoms with E-state index in [-0.39, 0.29) is 12.6 Å². The fraction of sp³-hybridized carbons (Fsp3) is 0.375. The van der Waals surface area contributed by atoms with Gasteiger partial charge in [-0.05, 0) is 13.0 Å². The summed E-state index contributed by atoms with van der Waals surface area (Å²) in [7, 11) is 0. The molecule has 1 rings (SSSR count). The van der Waals surface area contributed by atoms with Gasteiger partial charge in [0.15, 0.2) is 0 Å². The first-order chi connectivity index (χ1) is 5.74. The summed E-state index contributed by atoms with van der Waals surface area (Å²) in [6, 6.07) is 1.71. The van der Waals surface area contributed by atoms with Gasteiger partial charge in [-0.1, -0.05) is 0 Å². The quantitative estimate of drug-likeness (QED) is 0.611. The van der Waals surface area contributed by atoms with Crippen LogP contribution in [0.2, 0.25) is 0 Å². The van der Waals surface area contributed by atoms with E-state index < -0.39 is 0 Å². The van der Waals surface area contributed by atoms with E-state index in [9.17, 15) is 0 Å². The lowest BCUT2D eigenvalue weighted by Crippen LogP contribution is -2.20. The molecule has 0 aliphatic heterocycles. The molecule has 1 aromatic rings. The number of nitrogen functional groups attached to an aromatic ring is 1. The summed E-state index contributed by atoms with van der Waals surface area (Å²) in [5.74, 6) is 0. The number of aromatic nitrogens is 1. The second kappa shape index (κ2) is 3.92. The summed E-state index contributed by atoms with van der Waals surface area (Å²) in [5, 5.41) is 11.8. The smallest absolute Gasteiger partial charge is 0.0763 e. The lowest BCUT2D eigenvalue weighted by molar-refractivity contribution is 0.281. The largest absolute Gasteiger partial charge is 0.397 e. The maximum absolute atomic E-state index is 8.76. The maximum Gasteiger partial charge on any atom is 0.0763 e. The van der Waals surface area contributed by atoms with Crippen LogP contribution in [0.5, 0.6) is 0 Å². The monoisotopic (exact) mass is 167 g/mol. The van der Waals surface area contributed by atoms with Crippen LogP contribution >= 0.6 is 0 Å². The lowest BCUT2D eigenvalue weighted by Gasteiger charge is -2.13. The molecule has 0 saturated carbocycles. The first kappa shape index (κ1) is 8.80. The van der Waals surface area contributed by atoms with Gasteiger partial charge >= 0.3 is 0 Å². The van der Waals surface area contributed by atoms with Gasteiger partial charge in [-0.2, -0.15) is 0 Å². The number of rotatable bonds is 3. The van der Waals surface area contributed by atoms with Crippen LogP contribution in [0.15, 0.2) is 18.5 Å². The average Bonchev–Trinajstić information content (AvgIpc) is 2.09. The number of hydrogen-bond acceptors (Lipinski definition) is 4. The molecule has 1 aromatic heterocycles. The zero-order valence-corrected chi connectivity index (χ0v) is 6.99. The predicted octanol–water partition coefficient (Wildman–Crippen LogP) is 0.457. The van der Waals surface area contributed by atoms with E-state index in [0.29, 0.717) is 5.69 Å². The topological polar surface area (TPSA) is 71.2 Å². The molecule has 0 aromatic carbocycles. The zero-order valence-electron chi connectivity index (χ0n) is 6.99. The van der Waals surface area contributed by atoms with Crippen LogP contribution in [0.1, 0.15) is 6.92 Å². The number of hydrogen-bond donors (Lipinski definition) is 3. The number of anilines is 2. The highest BCUT2D eigenvalue weighted by Gasteiger charge is 2.01. The number of nitrogens with zero attached hydrogens (tertiary/aromatic N) is 1. The number of aliphatic hydroxyl groups is 1. The van der Waals surface area contributed by atoms with E-state index in [2.05, 4.69) is 10.3 Å². The van der Waals surface area contributed by atoms with Gasteiger partial charge in [0.25, 0.3) is 0 Å². The molecule has 0 spiro atoms. The summed E-state index contributed by atoms with van der Waals surface area (Å²) in [6.45, 7) is 1.95. The highest BCUT2D eigenvalue weighted by atomic mass is 16.3. The third-order valence-electron chi connectivity index (χ3n) is 1.53. The van der Waals surface area contributed by atoms with Gasteiger partial charge < -0.3 is 16.2 Å². The van der Waals surface area contributed by atoms with Gasteiger partial charge in [-0.3, -0.25) is 4.98 Å². The minimum Gasteiger partial charge on any atom is -0.397 e. The molecule has 0 bridgehead atoms. The van der Waals surface area contributed by atoms with Gasteiger partial charge in [-0.15, -0.1) is 0 Å². The summed E-state index contributed by atoms with van der Waals surface area (Å²) in [5.41, 5.74) is 7.05. The van der Waals surface area contributed by atoms with Crippen molar-refractivity contribution in [3.63, 3.8) is 0 Å². The number of nitrogens with two attached hydrogens (primary N) is 1. The van der Waals surface area contributed by atoms with Crippen molar-refractivity contribution in [3.8, 4) is 0 Å². The summed E-state index contributed by atoms with van der Waals surface area (Å²) >= 11 is 0. The van der Waals surface area contributed by atoms with Crippen LogP contribution in [0.4, 0.5) is 11.4 Å². The van der Waals surface area contributed by atoms with Crippen molar-refractivity contribution in [1.82, 2.24) is 4.98 Å². The fourth-order valence-electron chi connectivity index (χ4n) is 0.837. The Morgan fingerprint density at radius 2 is 2.50 bits per heavy atom. The van der Waals surface area contributed by atoms with Crippen LogP contribution < -0.4 is 11.1 Å². The van der Waals surface area contributed by atoms with Crippen molar-refractivity contribution < 1.29 is 5.11 Å². The summed E-state index contributed by atoms with van der Waals surface area (Å²) < 4.78 is 0. The Morgan fingerprint density at radius 1 is 1.75 bits per heavy atom. The zero-order chi connectivity index (χ0) is 8.97. The Balaban J connectivity index is 2.69. The highest BCUT2D eigenvalue weighted by molar-refractivity contribution is 5.64. The molecular formula is C8H13N3O. The second-order valence-corrected chi connectivity index (χ2v) is 2.69. The Hall–Kier alpha value is -1.29. The van der Waals surface area contributed by atoms with E-state index in [1.807, 2.05) is 6.92 Å². The normalized spacial score (nSPS) is 12.5. The van der Waals surface area contributed by atoms with Crippen LogP contribution in [0.3, 0.4) is 0 Å². The maximum atomic E-state index is 8.76. The molecule has 0 aliphatic rings. The summed E-state index contributed by atoms with van der Waals surface area (Å²) in [6.07, 6.45) is 3.27. The molecule has 1 unspecified atom stereocenters. The van der Waals surface area contributed by atoms with Gasteiger partial charge in [0.05, 0.1) is 24.2 Å². The Kier molecular flexibility index (Phi) is 2.88. The van der Waals surface area contributed by atoms with Crippen molar-refractivity contribution in [2.24, 2.45) is 0 Å². The third-order valence-corrected chi connectivity index (χ3v) is 1.53. The first-order valence-corrected chi connectivity index (χ1v) is 3.81. The van der Waals surface area contributed by atoms with E-state index in [1.54, 1.807) is 18.5 Å². The summed E-state index contributed by atoms with van der Waals surface area (Å²) in [4.78, 5) is 3.91. The SMILES string of the molecule is CC(CO)Nc1cnccc1N. The van der Waals surface area contributed by atoms with Crippen LogP contribution in [-0.2, 0) is 0 Å². The van der Waals surface area contributed by atoms with E-state index in [1.165, 1.54) is 0 Å². The molecule has 0 fully saturated rings. The Bertz CT molecular complexity index is 252. The standard InChI is InChI=1S/C8H13N3O/c1-6(5-12)11-8-4-10-3-2-7(8)9/h2-4,6,11-12H,5H2,1H3,(H2,9,10). The lowest BCUT2D eigenvalue weighted by atomic mass is 10.3. The molecule has 4 nitrogen and oxygen atoms in total. The minimum absolute atomic E-state index is 0.00324. The van der Waals surface area contributed by atoms with Gasteiger partial charge in [-0.25, -0.2) is 0 Å². The Morgan fingerprint density at radius 3 is 3.08 bits per heavy atom. The molecule has 0 saturated heterocycles. The fourth-order valence-corrected chi connectivity index (χ4v) is 0.837. The van der Waals surface area contributed by atoms with Crippen LogP contribution in [0, 0.1) is 0 Å². The molecule has 0 amide bonds. The van der Waals surface area contributed by atoms with E-state index >= 15 is 0 Å². The number of aliphatic hydroxyl groups excluding tert-OH is 1. The van der Waals surface area contributed by atoms with Crippen molar-refractivity contribution in [2.45, 2.75) is 13.0 Å². The predicted molar refractivity (Wildman–Crippen MR) is 48.8 cm³/mol. The van der Waals surface area contributed by atoms with Crippen molar-refractivity contribution in [1.29, 1.82) is 0 Å². The molecule has 66 valence electrons. The van der Waals surface area contributed by atoms with Crippen molar-refractivity contribution in [3.05, 3.63) is 18.5 Å². The van der Waals surface area contributed by atoms with Gasteiger partial charge in [0.2, 0.25) is 0 Å². The van der Waals surface area contributed by atoms with Crippen LogP contribution in [-0.4, -0.2) is 22.7 Å². The van der Waals surface area contributed by atoms with Crippen LogP contribution in [0.25, 0.3) is 0 Å². The third kappa shape index (κ3) is 2.10. The van der Waals surface area contributed by atoms with E-state index in [4.69, 9.17) is 10.8 Å². The molecule has 12 heavy (non-hydrogen) atoms. The molecular weight excluding hydrogens is 154 g/mol. The Labute approximate surface area is 71.4 Å². The molecule has 0 aliphatic carbocycles. The molecule has 4 heteroatoms. The molecule has 0 radical (unpaired) electrons. The number of nitrogens with one attached hydrogen (secondary N) is 1. The molecule has 4 N–H and O–H groups in total. The van der Waals surface area contributed by atoms with Crippen molar-refractivity contribution >= 4 is 11.4 Å². The molecule has 1 heterocycles. The number of pyridine rings is 1. The average molecular weight is 167 g/mol. The molecule has 1 atom stereocenters. The van der Waals surface area contributed by atoms with E-state index in [0.717, 1.165) is 5.69 Å². The first-order valence-electron chi connectivity index (χ1n) is 3.81. The van der Waals surface area contributed by atoms with Gasteiger partial charge in [0, 0.05) is 12.2 Å². The van der Waals surface area contributed by atoms with Gasteiger partial charge in [0.1, 0.15) is 0 Å². The van der Waals surface area contributed by atoms with Crippen molar-refractivity contribution in [2.75, 3.05) is 17.7 Å². The highest BCUT2D eigenvalue weighted by Crippen LogP contribution is 2.15.